The molecule has 3 nitrogen and oxygen atoms in total. The summed E-state index contributed by atoms with van der Waals surface area (Å²) in [5.41, 5.74) is 1.42. The van der Waals surface area contributed by atoms with Crippen molar-refractivity contribution in [1.29, 1.82) is 0 Å². The van der Waals surface area contributed by atoms with Crippen molar-refractivity contribution in [1.82, 2.24) is 0 Å². The fraction of sp³-hybridized carbons (Fsp3) is 0.294. The van der Waals surface area contributed by atoms with Gasteiger partial charge >= 0.3 is 0 Å². The van der Waals surface area contributed by atoms with Gasteiger partial charge in [-0.1, -0.05) is 30.7 Å². The second-order valence-corrected chi connectivity index (χ2v) is 7.02. The quantitative estimate of drug-likeness (QED) is 0.608. The lowest BCUT2D eigenvalue weighted by Crippen LogP contribution is -2.06. The number of rotatable bonds is 7. The van der Waals surface area contributed by atoms with Crippen molar-refractivity contribution < 1.29 is 21.8 Å². The van der Waals surface area contributed by atoms with Gasteiger partial charge in [-0.05, 0) is 48.2 Å². The molecule has 0 heterocycles. The molecule has 0 bridgehead atoms. The maximum absolute atomic E-state index is 13.5. The number of hydrogen-bond acceptors (Lipinski definition) is 2. The van der Waals surface area contributed by atoms with Gasteiger partial charge < -0.3 is 0 Å². The molecule has 124 valence electrons. The summed E-state index contributed by atoms with van der Waals surface area (Å²) < 4.78 is 57.2. The molecule has 1 N–H and O–H groups in total. The van der Waals surface area contributed by atoms with E-state index in [2.05, 4.69) is 0 Å². The minimum atomic E-state index is -3.98. The minimum Gasteiger partial charge on any atom is -0.286 e. The molecular formula is C17H18F2O3S. The summed E-state index contributed by atoms with van der Waals surface area (Å²) in [6, 6.07) is 12.2. The molecule has 0 saturated carbocycles. The molecular weight excluding hydrogens is 322 g/mol. The van der Waals surface area contributed by atoms with E-state index >= 15 is 0 Å². The first kappa shape index (κ1) is 17.6. The van der Waals surface area contributed by atoms with Crippen LogP contribution in [0.3, 0.4) is 0 Å². The van der Waals surface area contributed by atoms with Gasteiger partial charge in [-0.15, -0.1) is 0 Å². The first-order valence-electron chi connectivity index (χ1n) is 7.31. The lowest BCUT2D eigenvalue weighted by Gasteiger charge is -2.18. The van der Waals surface area contributed by atoms with Gasteiger partial charge in [-0.3, -0.25) is 4.55 Å². The zero-order valence-electron chi connectivity index (χ0n) is 12.5. The zero-order valence-corrected chi connectivity index (χ0v) is 13.3. The van der Waals surface area contributed by atoms with Crippen molar-refractivity contribution in [2.45, 2.75) is 25.2 Å². The molecule has 0 aliphatic heterocycles. The Labute approximate surface area is 134 Å². The Balaban J connectivity index is 2.18. The molecule has 0 saturated heterocycles. The van der Waals surface area contributed by atoms with Crippen molar-refractivity contribution in [3.05, 3.63) is 71.3 Å². The third-order valence-electron chi connectivity index (χ3n) is 3.65. The van der Waals surface area contributed by atoms with Crippen LogP contribution in [0.25, 0.3) is 0 Å². The molecule has 2 aromatic carbocycles. The van der Waals surface area contributed by atoms with E-state index in [9.17, 15) is 17.2 Å². The Hall–Kier alpha value is -1.79. The van der Waals surface area contributed by atoms with Crippen LogP contribution in [0.2, 0.25) is 0 Å². The topological polar surface area (TPSA) is 54.4 Å². The Morgan fingerprint density at radius 3 is 1.87 bits per heavy atom. The Morgan fingerprint density at radius 2 is 1.43 bits per heavy atom. The first-order valence-corrected chi connectivity index (χ1v) is 8.92. The normalized spacial score (nSPS) is 11.8. The highest BCUT2D eigenvalue weighted by Gasteiger charge is 2.16. The van der Waals surface area contributed by atoms with Gasteiger partial charge in [0.15, 0.2) is 0 Å². The molecule has 23 heavy (non-hydrogen) atoms. The van der Waals surface area contributed by atoms with E-state index in [1.807, 2.05) is 0 Å². The molecule has 0 spiro atoms. The van der Waals surface area contributed by atoms with Gasteiger partial charge in [-0.25, -0.2) is 8.78 Å². The summed E-state index contributed by atoms with van der Waals surface area (Å²) in [4.78, 5) is 0. The van der Waals surface area contributed by atoms with E-state index in [-0.39, 0.29) is 23.3 Å². The van der Waals surface area contributed by atoms with Crippen LogP contribution < -0.4 is 0 Å². The van der Waals surface area contributed by atoms with Crippen molar-refractivity contribution >= 4 is 10.1 Å². The summed E-state index contributed by atoms with van der Waals surface area (Å²) in [6.45, 7) is 0. The van der Waals surface area contributed by atoms with Crippen LogP contribution in [-0.2, 0) is 10.1 Å². The molecule has 0 fully saturated rings. The molecule has 0 atom stereocenters. The summed E-state index contributed by atoms with van der Waals surface area (Å²) in [5, 5.41) is 0. The standard InChI is InChI=1S/C17H18F2O3S/c18-15-7-3-5-13(11-15)17(9-1-2-10-23(20,21)22)14-6-4-8-16(19)12-14/h3-8,11-12,17H,1-2,9-10H2,(H,20,21,22). The lowest BCUT2D eigenvalue weighted by molar-refractivity contribution is 0.478. The molecule has 0 aliphatic carbocycles. The molecule has 6 heteroatoms. The van der Waals surface area contributed by atoms with Crippen molar-refractivity contribution in [2.75, 3.05) is 5.75 Å². The minimum absolute atomic E-state index is 0.234. The Kier molecular flexibility index (Phi) is 5.85. The first-order chi connectivity index (χ1) is 10.8. The molecule has 0 aromatic heterocycles. The van der Waals surface area contributed by atoms with Gasteiger partial charge in [0.1, 0.15) is 11.6 Å². The monoisotopic (exact) mass is 340 g/mol. The van der Waals surface area contributed by atoms with Crippen molar-refractivity contribution in [3.8, 4) is 0 Å². The third-order valence-corrected chi connectivity index (χ3v) is 4.45. The Morgan fingerprint density at radius 1 is 0.913 bits per heavy atom. The van der Waals surface area contributed by atoms with E-state index in [1.54, 1.807) is 24.3 Å². The second kappa shape index (κ2) is 7.66. The van der Waals surface area contributed by atoms with Crippen LogP contribution in [-0.4, -0.2) is 18.7 Å². The maximum atomic E-state index is 13.5. The predicted molar refractivity (Wildman–Crippen MR) is 84.9 cm³/mol. The molecule has 0 aliphatic rings. The van der Waals surface area contributed by atoms with Crippen molar-refractivity contribution in [3.63, 3.8) is 0 Å². The molecule has 2 rings (SSSR count). The van der Waals surface area contributed by atoms with Crippen LogP contribution in [0.15, 0.2) is 48.5 Å². The van der Waals surface area contributed by atoms with Gasteiger partial charge in [0.25, 0.3) is 10.1 Å². The lowest BCUT2D eigenvalue weighted by atomic mass is 9.87. The summed E-state index contributed by atoms with van der Waals surface area (Å²) in [7, 11) is -3.98. The fourth-order valence-electron chi connectivity index (χ4n) is 2.61. The molecule has 2 aromatic rings. The van der Waals surface area contributed by atoms with E-state index in [4.69, 9.17) is 4.55 Å². The highest BCUT2D eigenvalue weighted by Crippen LogP contribution is 2.30. The Bertz CT molecular complexity index is 714. The summed E-state index contributed by atoms with van der Waals surface area (Å²) >= 11 is 0. The van der Waals surface area contributed by atoms with Crippen LogP contribution in [0.5, 0.6) is 0 Å². The highest BCUT2D eigenvalue weighted by molar-refractivity contribution is 7.85. The average molecular weight is 340 g/mol. The smallest absolute Gasteiger partial charge is 0.264 e. The van der Waals surface area contributed by atoms with Gasteiger partial charge in [0.2, 0.25) is 0 Å². The third kappa shape index (κ3) is 5.73. The van der Waals surface area contributed by atoms with Crippen LogP contribution in [0.4, 0.5) is 8.78 Å². The maximum Gasteiger partial charge on any atom is 0.264 e. The number of unbranched alkanes of at least 4 members (excludes halogenated alkanes) is 1. The molecule has 0 unspecified atom stereocenters. The highest BCUT2D eigenvalue weighted by atomic mass is 32.2. The van der Waals surface area contributed by atoms with Gasteiger partial charge in [0, 0.05) is 5.92 Å². The fourth-order valence-corrected chi connectivity index (χ4v) is 3.17. The number of benzene rings is 2. The van der Waals surface area contributed by atoms with Gasteiger partial charge in [-0.2, -0.15) is 8.42 Å². The van der Waals surface area contributed by atoms with Crippen molar-refractivity contribution in [2.24, 2.45) is 0 Å². The summed E-state index contributed by atoms with van der Waals surface area (Å²) in [6.07, 6.45) is 1.33. The van der Waals surface area contributed by atoms with Crippen LogP contribution in [0.1, 0.15) is 36.3 Å². The number of hydrogen-bond donors (Lipinski definition) is 1. The average Bonchev–Trinajstić information content (AvgIpc) is 2.46. The van der Waals surface area contributed by atoms with E-state index in [0.29, 0.717) is 30.4 Å². The zero-order chi connectivity index (χ0) is 16.9. The van der Waals surface area contributed by atoms with Crippen LogP contribution >= 0.6 is 0 Å². The number of halogens is 2. The van der Waals surface area contributed by atoms with E-state index in [1.165, 1.54) is 24.3 Å². The SMILES string of the molecule is O=S(=O)(O)CCCCC(c1cccc(F)c1)c1cccc(F)c1. The molecule has 0 amide bonds. The predicted octanol–water partition coefficient (Wildman–Crippen LogP) is 4.15. The molecule has 0 radical (unpaired) electrons. The van der Waals surface area contributed by atoms with Gasteiger partial charge in [0.05, 0.1) is 5.75 Å². The van der Waals surface area contributed by atoms with Crippen LogP contribution in [0, 0.1) is 11.6 Å². The van der Waals surface area contributed by atoms with E-state index < -0.39 is 10.1 Å². The largest absolute Gasteiger partial charge is 0.286 e. The second-order valence-electron chi connectivity index (χ2n) is 5.44. The summed E-state index contributed by atoms with van der Waals surface area (Å²) in [5.74, 6) is -1.29. The van der Waals surface area contributed by atoms with E-state index in [0.717, 1.165) is 0 Å².